The Labute approximate surface area is 100 Å². The van der Waals surface area contributed by atoms with Crippen LogP contribution in [0.2, 0.25) is 0 Å². The van der Waals surface area contributed by atoms with Crippen molar-refractivity contribution in [2.75, 3.05) is 26.8 Å². The third kappa shape index (κ3) is 5.56. The van der Waals surface area contributed by atoms with Crippen molar-refractivity contribution in [2.24, 2.45) is 0 Å². The van der Waals surface area contributed by atoms with Gasteiger partial charge in [0.15, 0.2) is 0 Å². The number of halogens is 2. The predicted molar refractivity (Wildman–Crippen MR) is 65.2 cm³/mol. The predicted octanol–water partition coefficient (Wildman–Crippen LogP) is 2.87. The summed E-state index contributed by atoms with van der Waals surface area (Å²) in [7, 11) is 1.65. The quantitative estimate of drug-likeness (QED) is 0.741. The lowest BCUT2D eigenvalue weighted by atomic mass is 10.1. The van der Waals surface area contributed by atoms with Gasteiger partial charge in [0.25, 0.3) is 6.43 Å². The highest BCUT2D eigenvalue weighted by Gasteiger charge is 2.04. The first-order valence-corrected chi connectivity index (χ1v) is 5.48. The van der Waals surface area contributed by atoms with Gasteiger partial charge < -0.3 is 10.1 Å². The number of ether oxygens (including phenoxy) is 1. The molecule has 0 bridgehead atoms. The lowest BCUT2D eigenvalue weighted by Gasteiger charge is -2.00. The first kappa shape index (κ1) is 13.8. The minimum absolute atomic E-state index is 0.0559. The van der Waals surface area contributed by atoms with E-state index in [-0.39, 0.29) is 5.56 Å². The second-order valence-corrected chi connectivity index (χ2v) is 3.57. The monoisotopic (exact) mass is 241 g/mol. The van der Waals surface area contributed by atoms with E-state index in [0.717, 1.165) is 18.7 Å². The molecule has 0 atom stereocenters. The fraction of sp³-hybridized carbons (Fsp3) is 0.385. The van der Waals surface area contributed by atoms with Gasteiger partial charge in [-0.1, -0.05) is 36.4 Å². The molecule has 0 saturated carbocycles. The molecule has 0 aromatic heterocycles. The van der Waals surface area contributed by atoms with E-state index in [1.165, 1.54) is 12.1 Å². The van der Waals surface area contributed by atoms with Crippen molar-refractivity contribution in [2.45, 2.75) is 6.43 Å². The van der Waals surface area contributed by atoms with E-state index in [1.54, 1.807) is 19.2 Å². The van der Waals surface area contributed by atoms with Crippen LogP contribution in [0.3, 0.4) is 0 Å². The standard InChI is InChI=1S/C13H17F2NO/c1-17-10-9-16-8-2-3-11-4-6-12(7-5-11)13(14)15/h2-7,13,16H,8-10H2,1H3/b3-2+. The molecule has 0 aliphatic heterocycles. The molecule has 94 valence electrons. The van der Waals surface area contributed by atoms with Crippen LogP contribution in [0.5, 0.6) is 0 Å². The maximum absolute atomic E-state index is 12.3. The van der Waals surface area contributed by atoms with Crippen molar-refractivity contribution in [1.82, 2.24) is 5.32 Å². The summed E-state index contributed by atoms with van der Waals surface area (Å²) in [5, 5.41) is 3.15. The summed E-state index contributed by atoms with van der Waals surface area (Å²) in [5.41, 5.74) is 0.975. The molecule has 0 unspecified atom stereocenters. The van der Waals surface area contributed by atoms with Crippen molar-refractivity contribution in [1.29, 1.82) is 0 Å². The molecule has 0 heterocycles. The van der Waals surface area contributed by atoms with E-state index in [2.05, 4.69) is 5.32 Å². The molecule has 1 N–H and O–H groups in total. The summed E-state index contributed by atoms with van der Waals surface area (Å²) in [5.74, 6) is 0. The molecule has 1 aromatic rings. The molecule has 17 heavy (non-hydrogen) atoms. The molecular weight excluding hydrogens is 224 g/mol. The van der Waals surface area contributed by atoms with Gasteiger partial charge >= 0.3 is 0 Å². The second-order valence-electron chi connectivity index (χ2n) is 3.57. The fourth-order valence-corrected chi connectivity index (χ4v) is 1.31. The summed E-state index contributed by atoms with van der Waals surface area (Å²) in [6, 6.07) is 6.27. The molecule has 0 saturated heterocycles. The first-order chi connectivity index (χ1) is 8.24. The number of hydrogen-bond acceptors (Lipinski definition) is 2. The van der Waals surface area contributed by atoms with Crippen molar-refractivity contribution in [3.05, 3.63) is 41.5 Å². The number of rotatable bonds is 7. The molecule has 0 radical (unpaired) electrons. The average molecular weight is 241 g/mol. The minimum atomic E-state index is -2.40. The van der Waals surface area contributed by atoms with Gasteiger partial charge in [-0.05, 0) is 5.56 Å². The van der Waals surface area contributed by atoms with E-state index in [1.807, 2.05) is 12.2 Å². The van der Waals surface area contributed by atoms with Crippen molar-refractivity contribution < 1.29 is 13.5 Å². The van der Waals surface area contributed by atoms with E-state index < -0.39 is 6.43 Å². The van der Waals surface area contributed by atoms with Crippen LogP contribution in [0.1, 0.15) is 17.6 Å². The Hall–Kier alpha value is -1.26. The summed E-state index contributed by atoms with van der Waals surface area (Å²) in [4.78, 5) is 0. The molecule has 1 aromatic carbocycles. The van der Waals surface area contributed by atoms with Gasteiger partial charge in [-0.3, -0.25) is 0 Å². The molecule has 0 amide bonds. The summed E-state index contributed by atoms with van der Waals surface area (Å²) in [6.07, 6.45) is 1.45. The van der Waals surface area contributed by atoms with Crippen LogP contribution in [-0.2, 0) is 4.74 Å². The van der Waals surface area contributed by atoms with Crippen LogP contribution >= 0.6 is 0 Å². The van der Waals surface area contributed by atoms with Gasteiger partial charge in [0.1, 0.15) is 0 Å². The number of nitrogens with one attached hydrogen (secondary N) is 1. The van der Waals surface area contributed by atoms with E-state index in [4.69, 9.17) is 4.74 Å². The molecule has 1 rings (SSSR count). The first-order valence-electron chi connectivity index (χ1n) is 5.48. The highest BCUT2D eigenvalue weighted by molar-refractivity contribution is 5.49. The zero-order valence-electron chi connectivity index (χ0n) is 9.83. The summed E-state index contributed by atoms with van der Waals surface area (Å²) in [6.45, 7) is 2.21. The maximum Gasteiger partial charge on any atom is 0.263 e. The molecule has 0 spiro atoms. The Kier molecular flexibility index (Phi) is 6.43. The number of hydrogen-bond donors (Lipinski definition) is 1. The third-order valence-electron chi connectivity index (χ3n) is 2.24. The average Bonchev–Trinajstić information content (AvgIpc) is 2.34. The van der Waals surface area contributed by atoms with Crippen molar-refractivity contribution in [3.63, 3.8) is 0 Å². The Morgan fingerprint density at radius 1 is 1.29 bits per heavy atom. The van der Waals surface area contributed by atoms with Crippen LogP contribution in [0.15, 0.2) is 30.3 Å². The molecule has 2 nitrogen and oxygen atoms in total. The zero-order chi connectivity index (χ0) is 12.5. The summed E-state index contributed by atoms with van der Waals surface area (Å²) < 4.78 is 29.5. The number of alkyl halides is 2. The second kappa shape index (κ2) is 7.92. The lowest BCUT2D eigenvalue weighted by Crippen LogP contribution is -2.18. The Bertz CT molecular complexity index is 336. The summed E-state index contributed by atoms with van der Waals surface area (Å²) >= 11 is 0. The van der Waals surface area contributed by atoms with Crippen molar-refractivity contribution >= 4 is 6.08 Å². The number of methoxy groups -OCH3 is 1. The molecule has 0 aliphatic rings. The van der Waals surface area contributed by atoms with Crippen LogP contribution in [-0.4, -0.2) is 26.8 Å². The minimum Gasteiger partial charge on any atom is -0.383 e. The van der Waals surface area contributed by atoms with Gasteiger partial charge in [-0.25, -0.2) is 8.78 Å². The van der Waals surface area contributed by atoms with Crippen molar-refractivity contribution in [3.8, 4) is 0 Å². The van der Waals surface area contributed by atoms with Gasteiger partial charge in [0.2, 0.25) is 0 Å². The smallest absolute Gasteiger partial charge is 0.263 e. The van der Waals surface area contributed by atoms with Crippen LogP contribution in [0.25, 0.3) is 6.08 Å². The third-order valence-corrected chi connectivity index (χ3v) is 2.24. The van der Waals surface area contributed by atoms with Crippen LogP contribution in [0, 0.1) is 0 Å². The Balaban J connectivity index is 2.33. The van der Waals surface area contributed by atoms with Gasteiger partial charge in [0, 0.05) is 25.8 Å². The van der Waals surface area contributed by atoms with Crippen LogP contribution < -0.4 is 5.32 Å². The highest BCUT2D eigenvalue weighted by atomic mass is 19.3. The van der Waals surface area contributed by atoms with Gasteiger partial charge in [-0.15, -0.1) is 0 Å². The highest BCUT2D eigenvalue weighted by Crippen LogP contribution is 2.18. The Morgan fingerprint density at radius 2 is 2.00 bits per heavy atom. The largest absolute Gasteiger partial charge is 0.383 e. The normalized spacial score (nSPS) is 11.5. The van der Waals surface area contributed by atoms with Gasteiger partial charge in [-0.2, -0.15) is 0 Å². The van der Waals surface area contributed by atoms with E-state index in [0.29, 0.717) is 6.61 Å². The Morgan fingerprint density at radius 3 is 2.59 bits per heavy atom. The molecule has 0 aliphatic carbocycles. The van der Waals surface area contributed by atoms with E-state index >= 15 is 0 Å². The molecule has 0 fully saturated rings. The van der Waals surface area contributed by atoms with Gasteiger partial charge in [0.05, 0.1) is 6.61 Å². The zero-order valence-corrected chi connectivity index (χ0v) is 9.83. The molecule has 4 heteroatoms. The lowest BCUT2D eigenvalue weighted by molar-refractivity contribution is 0.151. The fourth-order valence-electron chi connectivity index (χ4n) is 1.31. The SMILES string of the molecule is COCCNC/C=C/c1ccc(C(F)F)cc1. The maximum atomic E-state index is 12.3. The van der Waals surface area contributed by atoms with E-state index in [9.17, 15) is 8.78 Å². The number of benzene rings is 1. The molecular formula is C13H17F2NO. The topological polar surface area (TPSA) is 21.3 Å². The van der Waals surface area contributed by atoms with Crippen LogP contribution in [0.4, 0.5) is 8.78 Å².